The predicted octanol–water partition coefficient (Wildman–Crippen LogP) is 2.55. The number of fused-ring (bicyclic) bond motifs is 3. The second-order valence-electron chi connectivity index (χ2n) is 10.9. The smallest absolute Gasteiger partial charge is 0.309 e. The summed E-state index contributed by atoms with van der Waals surface area (Å²) in [5, 5.41) is 21.0. The maximum atomic E-state index is 13.0. The number of aliphatic hydroxyl groups excluding tert-OH is 1. The van der Waals surface area contributed by atoms with E-state index < -0.39 is 11.2 Å². The summed E-state index contributed by atoms with van der Waals surface area (Å²) in [5.41, 5.74) is -0.841. The maximum Gasteiger partial charge on any atom is 0.309 e. The molecule has 0 aromatic heterocycles. The average molecular weight is 419 g/mol. The summed E-state index contributed by atoms with van der Waals surface area (Å²) in [7, 11) is 1.43. The molecule has 0 aromatic rings. The highest BCUT2D eigenvalue weighted by Crippen LogP contribution is 2.77. The van der Waals surface area contributed by atoms with Gasteiger partial charge in [-0.05, 0) is 56.9 Å². The average Bonchev–Trinajstić information content (AvgIpc) is 3.38. The van der Waals surface area contributed by atoms with Gasteiger partial charge in [-0.1, -0.05) is 19.4 Å². The topological polar surface area (TPSA) is 96.4 Å². The number of carbonyl (C=O) groups excluding carboxylic acids is 2. The Morgan fingerprint density at radius 3 is 2.80 bits per heavy atom. The molecule has 0 radical (unpaired) electrons. The fraction of sp³-hybridized carbons (Fsp3) is 0.833. The largest absolute Gasteiger partial charge is 0.469 e. The van der Waals surface area contributed by atoms with Gasteiger partial charge in [0.2, 0.25) is 0 Å². The first kappa shape index (κ1) is 20.7. The number of rotatable bonds is 4. The lowest BCUT2D eigenvalue weighted by Gasteiger charge is -2.58. The molecule has 0 unspecified atom stereocenters. The van der Waals surface area contributed by atoms with Crippen molar-refractivity contribution in [1.29, 1.82) is 0 Å². The van der Waals surface area contributed by atoms with Crippen molar-refractivity contribution in [3.63, 3.8) is 0 Å². The van der Waals surface area contributed by atoms with E-state index in [0.717, 1.165) is 24.8 Å². The first-order valence-corrected chi connectivity index (χ1v) is 11.5. The van der Waals surface area contributed by atoms with Crippen LogP contribution in [0.25, 0.3) is 0 Å². The number of epoxide rings is 1. The number of ketones is 1. The van der Waals surface area contributed by atoms with Gasteiger partial charge in [-0.25, -0.2) is 0 Å². The molecule has 0 bridgehead atoms. The van der Waals surface area contributed by atoms with Crippen molar-refractivity contribution in [2.24, 2.45) is 28.6 Å². The number of aliphatic hydroxyl groups is 2. The van der Waals surface area contributed by atoms with Crippen LogP contribution < -0.4 is 0 Å². The zero-order valence-corrected chi connectivity index (χ0v) is 18.3. The molecule has 166 valence electrons. The minimum Gasteiger partial charge on any atom is -0.469 e. The molecular weight excluding hydrogens is 384 g/mol. The van der Waals surface area contributed by atoms with Gasteiger partial charge in [0.1, 0.15) is 5.60 Å². The zero-order valence-electron chi connectivity index (χ0n) is 18.3. The lowest BCUT2D eigenvalue weighted by atomic mass is 9.43. The van der Waals surface area contributed by atoms with Crippen LogP contribution in [-0.2, 0) is 19.1 Å². The summed E-state index contributed by atoms with van der Waals surface area (Å²) in [6, 6.07) is 0. The molecule has 30 heavy (non-hydrogen) atoms. The zero-order chi connectivity index (χ0) is 21.5. The monoisotopic (exact) mass is 418 g/mol. The van der Waals surface area contributed by atoms with E-state index in [9.17, 15) is 19.8 Å². The summed E-state index contributed by atoms with van der Waals surface area (Å²) in [6.07, 6.45) is 7.03. The van der Waals surface area contributed by atoms with Crippen LogP contribution in [0.2, 0.25) is 0 Å². The Morgan fingerprint density at radius 1 is 1.33 bits per heavy atom. The molecule has 1 spiro atoms. The third kappa shape index (κ3) is 2.31. The van der Waals surface area contributed by atoms with Crippen LogP contribution in [0, 0.1) is 28.6 Å². The van der Waals surface area contributed by atoms with E-state index in [1.165, 1.54) is 7.11 Å². The molecule has 5 aliphatic rings. The number of hydrogen-bond acceptors (Lipinski definition) is 6. The molecule has 0 amide bonds. The van der Waals surface area contributed by atoms with Crippen molar-refractivity contribution >= 4 is 11.8 Å². The molecule has 4 fully saturated rings. The van der Waals surface area contributed by atoms with E-state index in [0.29, 0.717) is 32.1 Å². The molecule has 1 aliphatic heterocycles. The van der Waals surface area contributed by atoms with Gasteiger partial charge in [0, 0.05) is 29.8 Å². The quantitative estimate of drug-likeness (QED) is 0.538. The summed E-state index contributed by atoms with van der Waals surface area (Å²) in [5.74, 6) is -0.315. The fourth-order valence-corrected chi connectivity index (χ4v) is 8.28. The Bertz CT molecular complexity index is 821. The Morgan fingerprint density at radius 2 is 2.10 bits per heavy atom. The molecule has 1 heterocycles. The maximum absolute atomic E-state index is 13.0. The SMILES string of the molecule is COC(=O)[C@@H]1CC2=CC(=O)CC[C@]2(C)[C@@]23O[C@@H]2C[C@@]2(C)[C@@H](CC[C@]2(O)CCCO)[C@H]13. The van der Waals surface area contributed by atoms with E-state index in [4.69, 9.17) is 9.47 Å². The van der Waals surface area contributed by atoms with Gasteiger partial charge in [0.25, 0.3) is 0 Å². The highest BCUT2D eigenvalue weighted by Gasteiger charge is 2.82. The Kier molecular flexibility index (Phi) is 4.40. The third-order valence-corrected chi connectivity index (χ3v) is 9.95. The van der Waals surface area contributed by atoms with Crippen molar-refractivity contribution < 1.29 is 29.3 Å². The van der Waals surface area contributed by atoms with Gasteiger partial charge in [0.05, 0.1) is 24.7 Å². The number of hydrogen-bond donors (Lipinski definition) is 2. The third-order valence-electron chi connectivity index (χ3n) is 9.95. The molecule has 0 aromatic carbocycles. The van der Waals surface area contributed by atoms with E-state index in [1.807, 2.05) is 0 Å². The Hall–Kier alpha value is -1.24. The molecule has 6 nitrogen and oxygen atoms in total. The van der Waals surface area contributed by atoms with Crippen LogP contribution in [-0.4, -0.2) is 53.0 Å². The van der Waals surface area contributed by atoms with Crippen LogP contribution in [0.1, 0.15) is 65.2 Å². The molecule has 6 heteroatoms. The molecule has 8 atom stereocenters. The Balaban J connectivity index is 1.61. The van der Waals surface area contributed by atoms with Crippen LogP contribution in [0.15, 0.2) is 11.6 Å². The van der Waals surface area contributed by atoms with Gasteiger partial charge >= 0.3 is 5.97 Å². The normalized spacial score (nSPS) is 51.2. The summed E-state index contributed by atoms with van der Waals surface area (Å²) < 4.78 is 11.8. The van der Waals surface area contributed by atoms with Crippen LogP contribution in [0.3, 0.4) is 0 Å². The van der Waals surface area contributed by atoms with Crippen LogP contribution in [0.4, 0.5) is 0 Å². The van der Waals surface area contributed by atoms with Crippen molar-refractivity contribution in [3.8, 4) is 0 Å². The second kappa shape index (κ2) is 6.39. The van der Waals surface area contributed by atoms with Gasteiger partial charge in [0.15, 0.2) is 5.78 Å². The van der Waals surface area contributed by atoms with E-state index >= 15 is 0 Å². The van der Waals surface area contributed by atoms with E-state index in [-0.39, 0.29) is 53.0 Å². The minimum absolute atomic E-state index is 0.0171. The lowest BCUT2D eigenvalue weighted by Crippen LogP contribution is -2.63. The summed E-state index contributed by atoms with van der Waals surface area (Å²) >= 11 is 0. The predicted molar refractivity (Wildman–Crippen MR) is 108 cm³/mol. The van der Waals surface area contributed by atoms with Gasteiger partial charge in [-0.2, -0.15) is 0 Å². The lowest BCUT2D eigenvalue weighted by molar-refractivity contribution is -0.163. The van der Waals surface area contributed by atoms with Crippen LogP contribution >= 0.6 is 0 Å². The molecule has 5 rings (SSSR count). The van der Waals surface area contributed by atoms with E-state index in [1.54, 1.807) is 6.08 Å². The molecule has 1 saturated heterocycles. The highest BCUT2D eigenvalue weighted by atomic mass is 16.6. The van der Waals surface area contributed by atoms with Crippen molar-refractivity contribution in [1.82, 2.24) is 0 Å². The number of methoxy groups -OCH3 is 1. The molecule has 2 N–H and O–H groups in total. The van der Waals surface area contributed by atoms with Crippen molar-refractivity contribution in [2.75, 3.05) is 13.7 Å². The van der Waals surface area contributed by atoms with E-state index in [2.05, 4.69) is 13.8 Å². The molecular formula is C24H34O6. The standard InChI is InChI=1S/C24H34O6/c1-21-8-5-15(26)11-14(21)12-16(20(27)29-3)19-17-6-9-23(28,7-4-10-25)22(17,2)13-18-24(19,21)30-18/h11,16-19,25,28H,4-10,12-13H2,1-3H3/t16-,17+,18-,19+,21+,22+,23-,24-/m1/s1. The van der Waals surface area contributed by atoms with Gasteiger partial charge in [-0.15, -0.1) is 0 Å². The van der Waals surface area contributed by atoms with Crippen molar-refractivity contribution in [3.05, 3.63) is 11.6 Å². The first-order chi connectivity index (χ1) is 14.2. The molecule has 3 saturated carbocycles. The molecule has 4 aliphatic carbocycles. The number of carbonyl (C=O) groups is 2. The second-order valence-corrected chi connectivity index (χ2v) is 10.9. The van der Waals surface area contributed by atoms with Crippen molar-refractivity contribution in [2.45, 2.75) is 82.5 Å². The minimum atomic E-state index is -0.848. The summed E-state index contributed by atoms with van der Waals surface area (Å²) in [4.78, 5) is 25.2. The van der Waals surface area contributed by atoms with Crippen LogP contribution in [0.5, 0.6) is 0 Å². The first-order valence-electron chi connectivity index (χ1n) is 11.5. The fourth-order valence-electron chi connectivity index (χ4n) is 8.28. The number of ether oxygens (including phenoxy) is 2. The van der Waals surface area contributed by atoms with Gasteiger partial charge < -0.3 is 19.7 Å². The Labute approximate surface area is 178 Å². The number of esters is 1. The van der Waals surface area contributed by atoms with Gasteiger partial charge in [-0.3, -0.25) is 9.59 Å². The summed E-state index contributed by atoms with van der Waals surface area (Å²) in [6.45, 7) is 4.46. The highest BCUT2D eigenvalue weighted by molar-refractivity contribution is 5.92.